The largest absolute Gasteiger partial charge is 0.394 e. The summed E-state index contributed by atoms with van der Waals surface area (Å²) in [7, 11) is 0. The number of nitrogens with one attached hydrogen (secondary N) is 6. The second-order valence-corrected chi connectivity index (χ2v) is 13.2. The van der Waals surface area contributed by atoms with Crippen LogP contribution in [0.4, 0.5) is 0 Å². The van der Waals surface area contributed by atoms with Crippen molar-refractivity contribution in [1.29, 1.82) is 0 Å². The maximum absolute atomic E-state index is 14.0. The molecular weight excluding hydrogens is 680 g/mol. The van der Waals surface area contributed by atoms with Crippen LogP contribution in [0.25, 0.3) is 0 Å². The Morgan fingerprint density at radius 3 is 1.98 bits per heavy atom. The molecule has 1 aromatic rings. The quantitative estimate of drug-likeness (QED) is 0.127. The summed E-state index contributed by atoms with van der Waals surface area (Å²) in [6.07, 6.45) is -1.15. The Labute approximate surface area is 301 Å². The molecule has 2 saturated heterocycles. The van der Waals surface area contributed by atoms with Crippen LogP contribution < -0.4 is 37.6 Å². The van der Waals surface area contributed by atoms with E-state index < -0.39 is 115 Å². The van der Waals surface area contributed by atoms with E-state index in [4.69, 9.17) is 5.73 Å². The summed E-state index contributed by atoms with van der Waals surface area (Å²) in [6, 6.07) is -1.18. The van der Waals surface area contributed by atoms with Gasteiger partial charge in [-0.3, -0.25) is 38.4 Å². The molecule has 0 saturated carbocycles. The molecule has 9 atom stereocenters. The lowest BCUT2D eigenvalue weighted by molar-refractivity contribution is -0.143. The molecular formula is C34H50N8O10. The van der Waals surface area contributed by atoms with Crippen LogP contribution >= 0.6 is 0 Å². The fraction of sp³-hybridized carbons (Fsp3) is 0.588. The highest BCUT2D eigenvalue weighted by molar-refractivity contribution is 5.99. The minimum Gasteiger partial charge on any atom is -0.394 e. The summed E-state index contributed by atoms with van der Waals surface area (Å²) >= 11 is 0. The molecule has 8 amide bonds. The first-order valence-electron chi connectivity index (χ1n) is 17.3. The molecule has 2 aliphatic heterocycles. The number of nitrogens with two attached hydrogens (primary N) is 1. The number of hydrogen-bond donors (Lipinski definition) is 9. The first-order valence-corrected chi connectivity index (χ1v) is 17.3. The lowest BCUT2D eigenvalue weighted by atomic mass is 9.96. The number of amides is 8. The van der Waals surface area contributed by atoms with Gasteiger partial charge >= 0.3 is 0 Å². The third-order valence-electron chi connectivity index (χ3n) is 9.20. The highest BCUT2D eigenvalue weighted by Gasteiger charge is 2.41. The summed E-state index contributed by atoms with van der Waals surface area (Å²) in [4.78, 5) is 108. The standard InChI is InChI=1S/C34H50N8O10/c1-5-17(2)26-34(52)42-13-9-12-24(42)32(50)38-21(14-20-10-7-6-8-11-20)29(47)37-22(15-25(35)45)30(48)39-23(16-43)31(49)41-27(19(4)44)33(51)36-18(3)28(46)40-26/h6-8,10-11,17-19,21-24,26-27,43-44H,5,9,12-16H2,1-4H3,(H2,35,45)(H,36,51)(H,37,47)(H,38,50)(H,39,48)(H,40,46)(H,41,49)/t17-,18-,19+,21-,22-,23-,24-,26-,27-/m0/s1. The number of aliphatic hydroxyl groups is 2. The molecule has 10 N–H and O–H groups in total. The smallest absolute Gasteiger partial charge is 0.246 e. The molecule has 0 aliphatic carbocycles. The molecule has 3 rings (SSSR count). The molecule has 18 nitrogen and oxygen atoms in total. The minimum atomic E-state index is -1.74. The van der Waals surface area contributed by atoms with Crippen molar-refractivity contribution in [3.8, 4) is 0 Å². The van der Waals surface area contributed by atoms with Crippen LogP contribution in [0.2, 0.25) is 0 Å². The van der Waals surface area contributed by atoms with Crippen LogP contribution in [-0.2, 0) is 44.8 Å². The number of carbonyl (C=O) groups is 8. The molecule has 1 aromatic carbocycles. The molecule has 0 bridgehead atoms. The van der Waals surface area contributed by atoms with Crippen LogP contribution in [0.3, 0.4) is 0 Å². The van der Waals surface area contributed by atoms with Gasteiger partial charge in [-0.05, 0) is 38.2 Å². The van der Waals surface area contributed by atoms with Crippen molar-refractivity contribution >= 4 is 47.3 Å². The lowest BCUT2D eigenvalue weighted by Gasteiger charge is -2.32. The van der Waals surface area contributed by atoms with Crippen LogP contribution in [0.1, 0.15) is 58.9 Å². The zero-order valence-electron chi connectivity index (χ0n) is 29.7. The van der Waals surface area contributed by atoms with Gasteiger partial charge in [0.15, 0.2) is 0 Å². The molecule has 0 radical (unpaired) electrons. The van der Waals surface area contributed by atoms with E-state index in [0.29, 0.717) is 18.4 Å². The predicted octanol–water partition coefficient (Wildman–Crippen LogP) is -3.54. The number of aliphatic hydroxyl groups excluding tert-OH is 2. The Kier molecular flexibility index (Phi) is 15.0. The second-order valence-electron chi connectivity index (χ2n) is 13.2. The fourth-order valence-electron chi connectivity index (χ4n) is 5.95. The summed E-state index contributed by atoms with van der Waals surface area (Å²) < 4.78 is 0. The van der Waals surface area contributed by atoms with Gasteiger partial charge in [-0.2, -0.15) is 0 Å². The van der Waals surface area contributed by atoms with Crippen molar-refractivity contribution in [1.82, 2.24) is 36.8 Å². The Hall–Kier alpha value is -5.10. The van der Waals surface area contributed by atoms with Gasteiger partial charge < -0.3 is 52.7 Å². The molecule has 0 aromatic heterocycles. The summed E-state index contributed by atoms with van der Waals surface area (Å²) in [5.74, 6) is -7.50. The molecule has 2 aliphatic rings. The number of nitrogens with zero attached hydrogens (tertiary/aromatic N) is 1. The molecule has 286 valence electrons. The third-order valence-corrected chi connectivity index (χ3v) is 9.20. The van der Waals surface area contributed by atoms with E-state index in [1.54, 1.807) is 37.3 Å². The van der Waals surface area contributed by atoms with Gasteiger partial charge in [-0.15, -0.1) is 0 Å². The van der Waals surface area contributed by atoms with E-state index in [1.807, 2.05) is 6.92 Å². The van der Waals surface area contributed by atoms with E-state index in [1.165, 1.54) is 18.7 Å². The summed E-state index contributed by atoms with van der Waals surface area (Å²) in [6.45, 7) is 5.26. The number of hydrogen-bond acceptors (Lipinski definition) is 10. The predicted molar refractivity (Wildman–Crippen MR) is 184 cm³/mol. The van der Waals surface area contributed by atoms with Gasteiger partial charge in [-0.25, -0.2) is 0 Å². The lowest BCUT2D eigenvalue weighted by Crippen LogP contribution is -2.62. The molecule has 52 heavy (non-hydrogen) atoms. The Morgan fingerprint density at radius 2 is 1.38 bits per heavy atom. The van der Waals surface area contributed by atoms with Gasteiger partial charge in [0, 0.05) is 13.0 Å². The number of benzene rings is 1. The maximum Gasteiger partial charge on any atom is 0.246 e. The normalized spacial score (nSPS) is 28.5. The maximum atomic E-state index is 14.0. The van der Waals surface area contributed by atoms with Crippen molar-refractivity contribution in [2.75, 3.05) is 13.2 Å². The van der Waals surface area contributed by atoms with Crippen LogP contribution in [-0.4, -0.2) is 124 Å². The first kappa shape index (κ1) is 41.3. The number of fused-ring (bicyclic) bond motifs is 1. The molecule has 2 fully saturated rings. The third kappa shape index (κ3) is 10.9. The SMILES string of the molecule is CC[C@H](C)[C@@H]1NC(=O)[C@H](C)NC(=O)[C@H]([C@@H](C)O)NC(=O)[C@H](CO)NC(=O)[C@H](CC(N)=O)NC(=O)[C@H](Cc2ccccc2)NC(=O)[C@@H]2CCCN2C1=O. The average Bonchev–Trinajstić information content (AvgIpc) is 3.60. The van der Waals surface area contributed by atoms with Crippen molar-refractivity contribution in [3.05, 3.63) is 35.9 Å². The zero-order valence-corrected chi connectivity index (χ0v) is 29.7. The van der Waals surface area contributed by atoms with Gasteiger partial charge in [0.05, 0.1) is 19.1 Å². The molecule has 2 heterocycles. The van der Waals surface area contributed by atoms with E-state index in [2.05, 4.69) is 31.9 Å². The highest BCUT2D eigenvalue weighted by atomic mass is 16.3. The average molecular weight is 731 g/mol. The first-order chi connectivity index (χ1) is 24.6. The number of carbonyl (C=O) groups excluding carboxylic acids is 8. The van der Waals surface area contributed by atoms with Gasteiger partial charge in [0.2, 0.25) is 47.3 Å². The topological polar surface area (TPSA) is 278 Å². The molecule has 0 unspecified atom stereocenters. The Bertz CT molecular complexity index is 1490. The van der Waals surface area contributed by atoms with Crippen molar-refractivity contribution in [3.63, 3.8) is 0 Å². The fourth-order valence-corrected chi connectivity index (χ4v) is 5.95. The molecule has 0 spiro atoms. The van der Waals surface area contributed by atoms with Crippen LogP contribution in [0, 0.1) is 5.92 Å². The van der Waals surface area contributed by atoms with Gasteiger partial charge in [0.25, 0.3) is 0 Å². The van der Waals surface area contributed by atoms with Gasteiger partial charge in [0.1, 0.15) is 42.3 Å². The second kappa shape index (κ2) is 18.9. The monoisotopic (exact) mass is 730 g/mol. The highest BCUT2D eigenvalue weighted by Crippen LogP contribution is 2.22. The van der Waals surface area contributed by atoms with E-state index in [0.717, 1.165) is 0 Å². The van der Waals surface area contributed by atoms with Crippen molar-refractivity contribution in [2.24, 2.45) is 11.7 Å². The summed E-state index contributed by atoms with van der Waals surface area (Å²) in [5, 5.41) is 34.9. The molecule has 18 heteroatoms. The van der Waals surface area contributed by atoms with Crippen molar-refractivity contribution in [2.45, 2.75) is 108 Å². The van der Waals surface area contributed by atoms with Crippen molar-refractivity contribution < 1.29 is 48.6 Å². The Morgan fingerprint density at radius 1 is 0.808 bits per heavy atom. The number of primary amides is 1. The van der Waals surface area contributed by atoms with Gasteiger partial charge in [-0.1, -0.05) is 50.6 Å². The van der Waals surface area contributed by atoms with E-state index in [-0.39, 0.29) is 19.4 Å². The minimum absolute atomic E-state index is 0.0587. The Balaban J connectivity index is 2.08. The summed E-state index contributed by atoms with van der Waals surface area (Å²) in [5.41, 5.74) is 6.00. The van der Waals surface area contributed by atoms with Crippen LogP contribution in [0.15, 0.2) is 30.3 Å². The number of rotatable bonds is 8. The van der Waals surface area contributed by atoms with E-state index >= 15 is 0 Å². The van der Waals surface area contributed by atoms with E-state index in [9.17, 15) is 48.6 Å². The van der Waals surface area contributed by atoms with Crippen LogP contribution in [0.5, 0.6) is 0 Å². The zero-order chi connectivity index (χ0) is 38.7.